The van der Waals surface area contributed by atoms with Crippen molar-refractivity contribution in [1.82, 2.24) is 0 Å². The first-order chi connectivity index (χ1) is 3.80. The van der Waals surface area contributed by atoms with Crippen molar-refractivity contribution in [2.75, 3.05) is 0 Å². The van der Waals surface area contributed by atoms with E-state index in [1.165, 1.54) is 0 Å². The van der Waals surface area contributed by atoms with Crippen molar-refractivity contribution in [2.24, 2.45) is 5.73 Å². The Hall–Kier alpha value is -0.430. The second kappa shape index (κ2) is 2.23. The van der Waals surface area contributed by atoms with Crippen LogP contribution in [0.4, 0.5) is 0 Å². The molecule has 0 radical (unpaired) electrons. The van der Waals surface area contributed by atoms with Gasteiger partial charge in [-0.25, -0.2) is 0 Å². The lowest BCUT2D eigenvalue weighted by atomic mass is 10.2. The molecule has 0 aromatic heterocycles. The predicted molar refractivity (Wildman–Crippen MR) is 37.7 cm³/mol. The van der Waals surface area contributed by atoms with E-state index in [2.05, 4.69) is 18.4 Å². The van der Waals surface area contributed by atoms with Crippen LogP contribution in [0.1, 0.15) is 0 Å². The molecule has 1 nitrogen and oxygen atoms in total. The zero-order valence-corrected chi connectivity index (χ0v) is 5.23. The average molecular weight is 125 g/mol. The summed E-state index contributed by atoms with van der Waals surface area (Å²) in [6.07, 6.45) is 5.42. The molecule has 0 fully saturated rings. The fourth-order valence-corrected chi connectivity index (χ4v) is 0.638. The normalized spacial score (nSPS) is 25.8. The molecule has 1 rings (SSSR count). The molecular weight excluding hydrogens is 118 g/mol. The number of hydrogen-bond donors (Lipinski definition) is 2. The van der Waals surface area contributed by atoms with Crippen LogP contribution in [-0.4, -0.2) is 6.04 Å². The van der Waals surface area contributed by atoms with E-state index in [-0.39, 0.29) is 6.04 Å². The highest BCUT2D eigenvalue weighted by molar-refractivity contribution is 7.84. The maximum atomic E-state index is 5.50. The van der Waals surface area contributed by atoms with Gasteiger partial charge in [0, 0.05) is 4.91 Å². The lowest BCUT2D eigenvalue weighted by Crippen LogP contribution is -2.17. The molecule has 0 saturated carbocycles. The summed E-state index contributed by atoms with van der Waals surface area (Å²) in [5.74, 6) is 0. The standard InChI is InChI=1S/C6H7NS/c7-5-3-1-2-4-6(5)8/h2-5,8H,7H2/t5-/m1/s1. The molecule has 42 valence electrons. The summed E-state index contributed by atoms with van der Waals surface area (Å²) in [6.45, 7) is 0. The van der Waals surface area contributed by atoms with Crippen LogP contribution in [0.25, 0.3) is 0 Å². The van der Waals surface area contributed by atoms with E-state index < -0.39 is 0 Å². The van der Waals surface area contributed by atoms with Gasteiger partial charge in [0.05, 0.1) is 6.04 Å². The summed E-state index contributed by atoms with van der Waals surface area (Å²) in [4.78, 5) is 0.892. The third-order valence-electron chi connectivity index (χ3n) is 0.968. The van der Waals surface area contributed by atoms with Crippen LogP contribution in [0.15, 0.2) is 28.9 Å². The third-order valence-corrected chi connectivity index (χ3v) is 1.41. The second-order valence-corrected chi connectivity index (χ2v) is 2.13. The van der Waals surface area contributed by atoms with Crippen LogP contribution >= 0.6 is 12.6 Å². The monoisotopic (exact) mass is 125 g/mol. The number of rotatable bonds is 0. The molecule has 0 saturated heterocycles. The fraction of sp³-hybridized carbons (Fsp3) is 0.167. The molecular formula is C6H7NS. The van der Waals surface area contributed by atoms with Crippen molar-refractivity contribution < 1.29 is 0 Å². The third kappa shape index (κ3) is 1.04. The molecule has 0 unspecified atom stereocenters. The predicted octanol–water partition coefficient (Wildman–Crippen LogP) is 0.852. The van der Waals surface area contributed by atoms with Gasteiger partial charge in [0.2, 0.25) is 0 Å². The van der Waals surface area contributed by atoms with Crippen molar-refractivity contribution in [3.8, 4) is 0 Å². The van der Waals surface area contributed by atoms with Crippen LogP contribution < -0.4 is 5.73 Å². The topological polar surface area (TPSA) is 26.0 Å². The highest BCUT2D eigenvalue weighted by Crippen LogP contribution is 2.08. The molecule has 0 aromatic carbocycles. The highest BCUT2D eigenvalue weighted by atomic mass is 32.1. The minimum atomic E-state index is -0.0386. The van der Waals surface area contributed by atoms with Gasteiger partial charge in [-0.05, 0) is 18.2 Å². The average Bonchev–Trinajstić information content (AvgIpc) is 1.77. The molecule has 8 heavy (non-hydrogen) atoms. The van der Waals surface area contributed by atoms with E-state index in [0.29, 0.717) is 0 Å². The zero-order chi connectivity index (χ0) is 5.98. The molecule has 1 aliphatic rings. The van der Waals surface area contributed by atoms with Gasteiger partial charge < -0.3 is 5.73 Å². The Morgan fingerprint density at radius 2 is 2.50 bits per heavy atom. The molecule has 0 spiro atoms. The van der Waals surface area contributed by atoms with Gasteiger partial charge in [-0.15, -0.1) is 18.4 Å². The maximum Gasteiger partial charge on any atom is 0.0613 e. The summed E-state index contributed by atoms with van der Waals surface area (Å²) in [5.41, 5.74) is 8.36. The van der Waals surface area contributed by atoms with Gasteiger partial charge in [0.1, 0.15) is 0 Å². The summed E-state index contributed by atoms with van der Waals surface area (Å²) < 4.78 is 0. The lowest BCUT2D eigenvalue weighted by Gasteiger charge is -2.04. The van der Waals surface area contributed by atoms with Crippen LogP contribution in [0.5, 0.6) is 0 Å². The van der Waals surface area contributed by atoms with E-state index in [4.69, 9.17) is 5.73 Å². The molecule has 1 atom stereocenters. The zero-order valence-electron chi connectivity index (χ0n) is 4.33. The Bertz CT molecular complexity index is 175. The number of nitrogens with two attached hydrogens (primary N) is 1. The Labute approximate surface area is 54.0 Å². The van der Waals surface area contributed by atoms with E-state index in [0.717, 1.165) is 4.91 Å². The first kappa shape index (κ1) is 5.70. The SMILES string of the molecule is N[C@@H]1C=C=CC=C1S. The van der Waals surface area contributed by atoms with E-state index in [1.54, 1.807) is 12.2 Å². The molecule has 0 amide bonds. The minimum Gasteiger partial charge on any atom is -0.320 e. The fourth-order valence-electron chi connectivity index (χ4n) is 0.489. The smallest absolute Gasteiger partial charge is 0.0613 e. The first-order valence-electron chi connectivity index (χ1n) is 2.38. The van der Waals surface area contributed by atoms with Crippen molar-refractivity contribution in [3.05, 3.63) is 28.9 Å². The van der Waals surface area contributed by atoms with Gasteiger partial charge in [0.25, 0.3) is 0 Å². The van der Waals surface area contributed by atoms with Gasteiger partial charge in [-0.3, -0.25) is 0 Å². The summed E-state index contributed by atoms with van der Waals surface area (Å²) in [7, 11) is 0. The summed E-state index contributed by atoms with van der Waals surface area (Å²) in [5, 5.41) is 0. The molecule has 0 aliphatic heterocycles. The van der Waals surface area contributed by atoms with Gasteiger partial charge >= 0.3 is 0 Å². The van der Waals surface area contributed by atoms with E-state index in [1.807, 2.05) is 6.08 Å². The second-order valence-electron chi connectivity index (χ2n) is 1.62. The number of hydrogen-bond acceptors (Lipinski definition) is 2. The lowest BCUT2D eigenvalue weighted by molar-refractivity contribution is 1.01. The highest BCUT2D eigenvalue weighted by Gasteiger charge is 1.99. The Kier molecular flexibility index (Phi) is 1.59. The molecule has 2 heteroatoms. The van der Waals surface area contributed by atoms with E-state index in [9.17, 15) is 0 Å². The van der Waals surface area contributed by atoms with Gasteiger partial charge in [0.15, 0.2) is 0 Å². The maximum absolute atomic E-state index is 5.50. The van der Waals surface area contributed by atoms with Crippen molar-refractivity contribution in [2.45, 2.75) is 6.04 Å². The first-order valence-corrected chi connectivity index (χ1v) is 2.83. The number of thiol groups is 1. The largest absolute Gasteiger partial charge is 0.320 e. The molecule has 0 aromatic rings. The summed E-state index contributed by atoms with van der Waals surface area (Å²) in [6, 6.07) is -0.0386. The summed E-state index contributed by atoms with van der Waals surface area (Å²) >= 11 is 4.09. The number of allylic oxidation sites excluding steroid dienone is 1. The van der Waals surface area contributed by atoms with Gasteiger partial charge in [-0.2, -0.15) is 0 Å². The molecule has 0 bridgehead atoms. The quantitative estimate of drug-likeness (QED) is 0.364. The Balaban J connectivity index is 2.86. The van der Waals surface area contributed by atoms with E-state index >= 15 is 0 Å². The van der Waals surface area contributed by atoms with Crippen LogP contribution in [-0.2, 0) is 0 Å². The van der Waals surface area contributed by atoms with Crippen molar-refractivity contribution in [3.63, 3.8) is 0 Å². The van der Waals surface area contributed by atoms with Crippen LogP contribution in [0, 0.1) is 0 Å². The van der Waals surface area contributed by atoms with Crippen LogP contribution in [0.2, 0.25) is 0 Å². The van der Waals surface area contributed by atoms with Crippen molar-refractivity contribution >= 4 is 12.6 Å². The molecule has 1 aliphatic carbocycles. The molecule has 0 heterocycles. The van der Waals surface area contributed by atoms with Crippen LogP contribution in [0.3, 0.4) is 0 Å². The minimum absolute atomic E-state index is 0.0386. The van der Waals surface area contributed by atoms with Gasteiger partial charge in [-0.1, -0.05) is 0 Å². The Morgan fingerprint density at radius 3 is 2.88 bits per heavy atom. The van der Waals surface area contributed by atoms with Crippen molar-refractivity contribution in [1.29, 1.82) is 0 Å². The molecule has 2 N–H and O–H groups in total. The Morgan fingerprint density at radius 1 is 1.75 bits per heavy atom.